The summed E-state index contributed by atoms with van der Waals surface area (Å²) in [5.41, 5.74) is 3.33. The summed E-state index contributed by atoms with van der Waals surface area (Å²) in [7, 11) is 1.59. The fraction of sp³-hybridized carbons (Fsp3) is 0.400. The zero-order valence-corrected chi connectivity index (χ0v) is 18.1. The monoisotopic (exact) mass is 423 g/mol. The number of methoxy groups -OCH3 is 1. The van der Waals surface area contributed by atoms with Crippen LogP contribution in [0.1, 0.15) is 36.0 Å². The standard InChI is InChI=1S/C25H30N2O4/c1-29-22-15-19(16-23-25(22)31-14-13-30-23)9-10-24(28)26-17-20-7-3-4-8-21(20)18-27-11-5-2-6-12-27/h3-4,7-10,15-16H,2,5-6,11-14,17-18H2,1H3,(H,26,28)/p+1/b10-9+. The van der Waals surface area contributed by atoms with Crippen LogP contribution in [0.3, 0.4) is 0 Å². The highest BCUT2D eigenvalue weighted by Gasteiger charge is 2.18. The van der Waals surface area contributed by atoms with Crippen molar-refractivity contribution in [3.05, 3.63) is 59.2 Å². The molecule has 2 aromatic carbocycles. The van der Waals surface area contributed by atoms with Gasteiger partial charge in [0.1, 0.15) is 19.8 Å². The van der Waals surface area contributed by atoms with Crippen molar-refractivity contribution in [2.45, 2.75) is 32.4 Å². The average molecular weight is 424 g/mol. The van der Waals surface area contributed by atoms with Gasteiger partial charge >= 0.3 is 0 Å². The molecular formula is C25H31N2O4+. The normalized spacial score (nSPS) is 16.3. The number of rotatable bonds is 7. The summed E-state index contributed by atoms with van der Waals surface area (Å²) in [6, 6.07) is 12.1. The highest BCUT2D eigenvalue weighted by atomic mass is 16.6. The van der Waals surface area contributed by atoms with Crippen molar-refractivity contribution in [3.63, 3.8) is 0 Å². The van der Waals surface area contributed by atoms with Crippen molar-refractivity contribution >= 4 is 12.0 Å². The Kier molecular flexibility index (Phi) is 7.10. The Morgan fingerprint density at radius 2 is 1.87 bits per heavy atom. The van der Waals surface area contributed by atoms with Crippen LogP contribution in [0.4, 0.5) is 0 Å². The van der Waals surface area contributed by atoms with Crippen molar-refractivity contribution in [2.24, 2.45) is 0 Å². The first-order valence-electron chi connectivity index (χ1n) is 11.1. The maximum atomic E-state index is 12.4. The molecule has 0 radical (unpaired) electrons. The molecule has 4 rings (SSSR count). The molecule has 6 heteroatoms. The highest BCUT2D eigenvalue weighted by molar-refractivity contribution is 5.91. The molecule has 2 aliphatic rings. The molecule has 0 unspecified atom stereocenters. The maximum absolute atomic E-state index is 12.4. The number of nitrogens with one attached hydrogen (secondary N) is 2. The van der Waals surface area contributed by atoms with Crippen LogP contribution in [0.5, 0.6) is 17.2 Å². The molecule has 1 saturated heterocycles. The molecule has 2 aliphatic heterocycles. The number of hydrogen-bond donors (Lipinski definition) is 2. The second-order valence-electron chi connectivity index (χ2n) is 8.05. The number of piperidine rings is 1. The lowest BCUT2D eigenvalue weighted by atomic mass is 10.0. The van der Waals surface area contributed by atoms with Crippen LogP contribution in [0.2, 0.25) is 0 Å². The van der Waals surface area contributed by atoms with E-state index in [1.165, 1.54) is 43.5 Å². The largest absolute Gasteiger partial charge is 0.493 e. The first-order chi connectivity index (χ1) is 15.2. The fourth-order valence-corrected chi connectivity index (χ4v) is 4.20. The molecule has 6 nitrogen and oxygen atoms in total. The number of hydrogen-bond acceptors (Lipinski definition) is 4. The summed E-state index contributed by atoms with van der Waals surface area (Å²) in [5.74, 6) is 1.72. The molecule has 0 aromatic heterocycles. The lowest BCUT2D eigenvalue weighted by Crippen LogP contribution is -3.11. The summed E-state index contributed by atoms with van der Waals surface area (Å²) < 4.78 is 16.7. The zero-order valence-electron chi connectivity index (χ0n) is 18.1. The minimum Gasteiger partial charge on any atom is -0.493 e. The summed E-state index contributed by atoms with van der Waals surface area (Å²) in [6.45, 7) is 5.03. The Morgan fingerprint density at radius 3 is 2.68 bits per heavy atom. The van der Waals surface area contributed by atoms with Gasteiger partial charge < -0.3 is 24.4 Å². The molecule has 2 aromatic rings. The minimum atomic E-state index is -0.131. The number of likely N-dealkylation sites (tertiary alicyclic amines) is 1. The highest BCUT2D eigenvalue weighted by Crippen LogP contribution is 2.40. The molecule has 1 fully saturated rings. The minimum absolute atomic E-state index is 0.131. The number of ether oxygens (including phenoxy) is 3. The number of benzene rings is 2. The van der Waals surface area contributed by atoms with Crippen LogP contribution in [-0.4, -0.2) is 39.3 Å². The second kappa shape index (κ2) is 10.4. The van der Waals surface area contributed by atoms with Crippen LogP contribution in [0.25, 0.3) is 6.08 Å². The van der Waals surface area contributed by atoms with E-state index < -0.39 is 0 Å². The third-order valence-electron chi connectivity index (χ3n) is 5.85. The van der Waals surface area contributed by atoms with Gasteiger partial charge in [-0.15, -0.1) is 0 Å². The topological polar surface area (TPSA) is 61.2 Å². The Labute approximate surface area is 183 Å². The van der Waals surface area contributed by atoms with Crippen molar-refractivity contribution in [3.8, 4) is 17.2 Å². The van der Waals surface area contributed by atoms with E-state index in [0.29, 0.717) is 37.0 Å². The quantitative estimate of drug-likeness (QED) is 0.672. The Morgan fingerprint density at radius 1 is 1.10 bits per heavy atom. The van der Waals surface area contributed by atoms with E-state index in [1.807, 2.05) is 18.2 Å². The number of carbonyl (C=O) groups is 1. The molecule has 0 saturated carbocycles. The van der Waals surface area contributed by atoms with Crippen molar-refractivity contribution < 1.29 is 23.9 Å². The van der Waals surface area contributed by atoms with Gasteiger partial charge in [0.25, 0.3) is 0 Å². The molecule has 0 atom stereocenters. The van der Waals surface area contributed by atoms with Gasteiger partial charge in [-0.05, 0) is 48.6 Å². The van der Waals surface area contributed by atoms with E-state index in [1.54, 1.807) is 24.2 Å². The number of fused-ring (bicyclic) bond motifs is 1. The van der Waals surface area contributed by atoms with Crippen LogP contribution in [-0.2, 0) is 17.9 Å². The molecular weight excluding hydrogens is 392 g/mol. The lowest BCUT2D eigenvalue weighted by molar-refractivity contribution is -0.918. The Balaban J connectivity index is 1.37. The van der Waals surface area contributed by atoms with E-state index >= 15 is 0 Å². The molecule has 0 aliphatic carbocycles. The molecule has 0 spiro atoms. The van der Waals surface area contributed by atoms with Gasteiger partial charge in [0.2, 0.25) is 11.7 Å². The van der Waals surface area contributed by atoms with Crippen molar-refractivity contribution in [1.29, 1.82) is 0 Å². The summed E-state index contributed by atoms with van der Waals surface area (Å²) in [4.78, 5) is 14.1. The predicted octanol–water partition coefficient (Wildman–Crippen LogP) is 2.36. The van der Waals surface area contributed by atoms with E-state index in [9.17, 15) is 4.79 Å². The van der Waals surface area contributed by atoms with E-state index in [0.717, 1.165) is 12.1 Å². The summed E-state index contributed by atoms with van der Waals surface area (Å²) >= 11 is 0. The van der Waals surface area contributed by atoms with Crippen LogP contribution < -0.4 is 24.4 Å². The van der Waals surface area contributed by atoms with Gasteiger partial charge in [0.05, 0.1) is 20.2 Å². The van der Waals surface area contributed by atoms with E-state index in [4.69, 9.17) is 14.2 Å². The first kappa shape index (κ1) is 21.2. The molecule has 0 bridgehead atoms. The number of quaternary nitrogens is 1. The van der Waals surface area contributed by atoms with Gasteiger partial charge in [-0.25, -0.2) is 0 Å². The summed E-state index contributed by atoms with van der Waals surface area (Å²) in [5, 5.41) is 3.02. The van der Waals surface area contributed by atoms with Crippen molar-refractivity contribution in [2.75, 3.05) is 33.4 Å². The Hall–Kier alpha value is -2.99. The van der Waals surface area contributed by atoms with Gasteiger partial charge in [0.15, 0.2) is 11.5 Å². The van der Waals surface area contributed by atoms with Crippen molar-refractivity contribution in [1.82, 2.24) is 5.32 Å². The second-order valence-corrected chi connectivity index (χ2v) is 8.05. The van der Waals surface area contributed by atoms with Crippen LogP contribution in [0.15, 0.2) is 42.5 Å². The zero-order chi connectivity index (χ0) is 21.5. The lowest BCUT2D eigenvalue weighted by Gasteiger charge is -2.24. The molecule has 1 amide bonds. The Bertz CT molecular complexity index is 918. The molecule has 2 heterocycles. The van der Waals surface area contributed by atoms with E-state index in [-0.39, 0.29) is 5.91 Å². The van der Waals surface area contributed by atoms with Gasteiger partial charge in [-0.2, -0.15) is 0 Å². The maximum Gasteiger partial charge on any atom is 0.244 e. The van der Waals surface area contributed by atoms with Crippen LogP contribution >= 0.6 is 0 Å². The third kappa shape index (κ3) is 5.58. The average Bonchev–Trinajstić information content (AvgIpc) is 2.82. The van der Waals surface area contributed by atoms with E-state index in [2.05, 4.69) is 23.5 Å². The number of amides is 1. The predicted molar refractivity (Wildman–Crippen MR) is 120 cm³/mol. The summed E-state index contributed by atoms with van der Waals surface area (Å²) in [6.07, 6.45) is 7.28. The SMILES string of the molecule is COc1cc(/C=C/C(=O)NCc2ccccc2C[NH+]2CCCCC2)cc2c1OCCO2. The third-order valence-corrected chi connectivity index (χ3v) is 5.85. The molecule has 31 heavy (non-hydrogen) atoms. The first-order valence-corrected chi connectivity index (χ1v) is 11.1. The van der Waals surface area contributed by atoms with Crippen LogP contribution in [0, 0.1) is 0 Å². The number of carbonyl (C=O) groups excluding carboxylic acids is 1. The van der Waals surface area contributed by atoms with Gasteiger partial charge in [-0.1, -0.05) is 24.3 Å². The van der Waals surface area contributed by atoms with Gasteiger partial charge in [0, 0.05) is 18.2 Å². The molecule has 164 valence electrons. The molecule has 2 N–H and O–H groups in total. The fourth-order valence-electron chi connectivity index (χ4n) is 4.20. The van der Waals surface area contributed by atoms with Gasteiger partial charge in [-0.3, -0.25) is 4.79 Å². The smallest absolute Gasteiger partial charge is 0.244 e.